The molecule has 5 nitrogen and oxygen atoms in total. The third-order valence-corrected chi connectivity index (χ3v) is 1.33. The molecule has 0 saturated carbocycles. The first kappa shape index (κ1) is 12.5. The van der Waals surface area contributed by atoms with E-state index >= 15 is 0 Å². The van der Waals surface area contributed by atoms with Crippen molar-refractivity contribution < 1.29 is 23.8 Å². The molecule has 0 aromatic heterocycles. The van der Waals surface area contributed by atoms with Gasteiger partial charge < -0.3 is 14.2 Å². The van der Waals surface area contributed by atoms with E-state index in [2.05, 4.69) is 16.1 Å². The van der Waals surface area contributed by atoms with Crippen molar-refractivity contribution in [3.63, 3.8) is 0 Å². The number of methoxy groups -OCH3 is 1. The molecule has 0 aromatic rings. The van der Waals surface area contributed by atoms with E-state index in [0.717, 1.165) is 0 Å². The number of carbonyl (C=O) groups is 2. The third kappa shape index (κ3) is 3.93. The van der Waals surface area contributed by atoms with Gasteiger partial charge in [-0.05, 0) is 13.8 Å². The molecule has 0 unspecified atom stereocenters. The summed E-state index contributed by atoms with van der Waals surface area (Å²) in [7, 11) is 1.21. The van der Waals surface area contributed by atoms with Gasteiger partial charge in [0.25, 0.3) is 0 Å². The second-order valence-electron chi connectivity index (χ2n) is 2.95. The molecule has 0 aliphatic heterocycles. The zero-order valence-corrected chi connectivity index (χ0v) is 8.53. The minimum absolute atomic E-state index is 0.0378. The quantitative estimate of drug-likeness (QED) is 0.507. The molecule has 80 valence electrons. The van der Waals surface area contributed by atoms with E-state index in [1.54, 1.807) is 0 Å². The summed E-state index contributed by atoms with van der Waals surface area (Å²) in [5.41, 5.74) is -1.34. The van der Waals surface area contributed by atoms with Gasteiger partial charge in [-0.1, -0.05) is 12.7 Å². The van der Waals surface area contributed by atoms with Gasteiger partial charge in [-0.2, -0.15) is 0 Å². The molecular formula is C9H14O5. The molecule has 0 fully saturated rings. The summed E-state index contributed by atoms with van der Waals surface area (Å²) in [6.07, 6.45) is 0.465. The van der Waals surface area contributed by atoms with Crippen LogP contribution in [0.5, 0.6) is 0 Å². The lowest BCUT2D eigenvalue weighted by Gasteiger charge is -2.20. The minimum Gasteiger partial charge on any atom is -0.466 e. The lowest BCUT2D eigenvalue weighted by molar-refractivity contribution is -0.160. The summed E-state index contributed by atoms with van der Waals surface area (Å²) >= 11 is 0. The van der Waals surface area contributed by atoms with Crippen molar-refractivity contribution in [2.45, 2.75) is 19.4 Å². The summed E-state index contributed by atoms with van der Waals surface area (Å²) in [6, 6.07) is 0. The number of esters is 1. The average Bonchev–Trinajstić information content (AvgIpc) is 2.12. The predicted octanol–water partition coefficient (Wildman–Crippen LogP) is 1.28. The third-order valence-electron chi connectivity index (χ3n) is 1.33. The second kappa shape index (κ2) is 5.26. The maximum absolute atomic E-state index is 11.1. The molecule has 0 bridgehead atoms. The van der Waals surface area contributed by atoms with Gasteiger partial charge in [0.2, 0.25) is 5.60 Å². The summed E-state index contributed by atoms with van der Waals surface area (Å²) in [5.74, 6) is -0.645. The van der Waals surface area contributed by atoms with Crippen LogP contribution in [-0.4, -0.2) is 31.4 Å². The monoisotopic (exact) mass is 202 g/mol. The van der Waals surface area contributed by atoms with Gasteiger partial charge in [0.05, 0.1) is 7.11 Å². The SMILES string of the molecule is C=CCOC(=O)OC(C)(C)C(=O)OC. The number of ether oxygens (including phenoxy) is 3. The molecule has 0 saturated heterocycles. The molecule has 0 radical (unpaired) electrons. The number of hydrogen-bond donors (Lipinski definition) is 0. The molecule has 5 heteroatoms. The maximum Gasteiger partial charge on any atom is 0.509 e. The Balaban J connectivity index is 4.14. The van der Waals surface area contributed by atoms with Crippen LogP contribution >= 0.6 is 0 Å². The highest BCUT2D eigenvalue weighted by Gasteiger charge is 2.33. The van der Waals surface area contributed by atoms with Crippen LogP contribution in [0.3, 0.4) is 0 Å². The predicted molar refractivity (Wildman–Crippen MR) is 48.7 cm³/mol. The van der Waals surface area contributed by atoms with Crippen LogP contribution in [0.2, 0.25) is 0 Å². The Kier molecular flexibility index (Phi) is 4.69. The molecule has 0 amide bonds. The smallest absolute Gasteiger partial charge is 0.466 e. The Morgan fingerprint density at radius 3 is 2.43 bits per heavy atom. The van der Waals surface area contributed by atoms with Crippen molar-refractivity contribution in [3.8, 4) is 0 Å². The fraction of sp³-hybridized carbons (Fsp3) is 0.556. The molecule has 0 heterocycles. The van der Waals surface area contributed by atoms with Gasteiger partial charge in [-0.3, -0.25) is 0 Å². The highest BCUT2D eigenvalue weighted by atomic mass is 16.7. The van der Waals surface area contributed by atoms with Gasteiger partial charge in [0.1, 0.15) is 6.61 Å². The molecule has 14 heavy (non-hydrogen) atoms. The number of hydrogen-bond acceptors (Lipinski definition) is 5. The van der Waals surface area contributed by atoms with E-state index < -0.39 is 17.7 Å². The summed E-state index contributed by atoms with van der Waals surface area (Å²) in [4.78, 5) is 22.0. The number of carbonyl (C=O) groups excluding carboxylic acids is 2. The lowest BCUT2D eigenvalue weighted by Crippen LogP contribution is -2.38. The lowest BCUT2D eigenvalue weighted by atomic mass is 10.1. The van der Waals surface area contributed by atoms with E-state index in [0.29, 0.717) is 0 Å². The molecule has 0 spiro atoms. The van der Waals surface area contributed by atoms with E-state index in [4.69, 9.17) is 4.74 Å². The molecule has 0 aromatic carbocycles. The average molecular weight is 202 g/mol. The molecule has 0 atom stereocenters. The normalized spacial score (nSPS) is 10.2. The summed E-state index contributed by atoms with van der Waals surface area (Å²) in [6.45, 7) is 6.22. The van der Waals surface area contributed by atoms with Crippen LogP contribution < -0.4 is 0 Å². The highest BCUT2D eigenvalue weighted by molar-refractivity contribution is 5.81. The molecule has 0 N–H and O–H groups in total. The Hall–Kier alpha value is -1.52. The van der Waals surface area contributed by atoms with Gasteiger partial charge in [-0.25, -0.2) is 9.59 Å². The fourth-order valence-corrected chi connectivity index (χ4v) is 0.652. The largest absolute Gasteiger partial charge is 0.509 e. The first-order chi connectivity index (χ1) is 6.44. The Bertz CT molecular complexity index is 231. The van der Waals surface area contributed by atoms with Gasteiger partial charge in [0, 0.05) is 0 Å². The van der Waals surface area contributed by atoms with Gasteiger partial charge in [0.15, 0.2) is 0 Å². The van der Waals surface area contributed by atoms with E-state index in [9.17, 15) is 9.59 Å². The summed E-state index contributed by atoms with van der Waals surface area (Å²) < 4.78 is 13.7. The highest BCUT2D eigenvalue weighted by Crippen LogP contribution is 2.12. The Morgan fingerprint density at radius 2 is 2.00 bits per heavy atom. The van der Waals surface area contributed by atoms with Crippen molar-refractivity contribution in [2.75, 3.05) is 13.7 Å². The zero-order chi connectivity index (χ0) is 11.2. The maximum atomic E-state index is 11.1. The van der Waals surface area contributed by atoms with Crippen LogP contribution in [0.25, 0.3) is 0 Å². The van der Waals surface area contributed by atoms with Crippen molar-refractivity contribution in [1.29, 1.82) is 0 Å². The van der Waals surface area contributed by atoms with Crippen LogP contribution in [0.1, 0.15) is 13.8 Å². The van der Waals surface area contributed by atoms with Crippen molar-refractivity contribution in [3.05, 3.63) is 12.7 Å². The first-order valence-electron chi connectivity index (χ1n) is 3.99. The van der Waals surface area contributed by atoms with Crippen molar-refractivity contribution in [1.82, 2.24) is 0 Å². The fourth-order valence-electron chi connectivity index (χ4n) is 0.652. The molecular weight excluding hydrogens is 188 g/mol. The molecule has 0 rings (SSSR count). The zero-order valence-electron chi connectivity index (χ0n) is 8.53. The van der Waals surface area contributed by atoms with Crippen LogP contribution in [0.15, 0.2) is 12.7 Å². The van der Waals surface area contributed by atoms with E-state index in [1.165, 1.54) is 27.0 Å². The van der Waals surface area contributed by atoms with Crippen molar-refractivity contribution >= 4 is 12.1 Å². The topological polar surface area (TPSA) is 61.8 Å². The van der Waals surface area contributed by atoms with Crippen LogP contribution in [0, 0.1) is 0 Å². The van der Waals surface area contributed by atoms with Crippen LogP contribution in [0.4, 0.5) is 4.79 Å². The van der Waals surface area contributed by atoms with Gasteiger partial charge >= 0.3 is 12.1 Å². The Labute approximate surface area is 82.6 Å². The number of rotatable bonds is 4. The van der Waals surface area contributed by atoms with E-state index in [-0.39, 0.29) is 6.61 Å². The van der Waals surface area contributed by atoms with E-state index in [1.807, 2.05) is 0 Å². The Morgan fingerprint density at radius 1 is 1.43 bits per heavy atom. The molecule has 0 aliphatic rings. The van der Waals surface area contributed by atoms with Crippen LogP contribution in [-0.2, 0) is 19.0 Å². The van der Waals surface area contributed by atoms with Crippen molar-refractivity contribution in [2.24, 2.45) is 0 Å². The standard InChI is InChI=1S/C9H14O5/c1-5-6-13-8(11)14-9(2,3)7(10)12-4/h5H,1,6H2,2-4H3. The first-order valence-corrected chi connectivity index (χ1v) is 3.99. The van der Waals surface area contributed by atoms with Gasteiger partial charge in [-0.15, -0.1) is 0 Å². The minimum atomic E-state index is -1.34. The summed E-state index contributed by atoms with van der Waals surface area (Å²) in [5, 5.41) is 0. The molecule has 0 aliphatic carbocycles. The second-order valence-corrected chi connectivity index (χ2v) is 2.95.